The Balaban J connectivity index is 3.31. The topological polar surface area (TPSA) is 108 Å². The van der Waals surface area contributed by atoms with Crippen LogP contribution in [-0.2, 0) is 21.6 Å². The second kappa shape index (κ2) is 33.4. The largest absolute Gasteiger partial charge is 0.386 e. The summed E-state index contributed by atoms with van der Waals surface area (Å²) < 4.78 is 23.1. The van der Waals surface area contributed by atoms with E-state index in [9.17, 15) is 13.2 Å². The van der Waals surface area contributed by atoms with Gasteiger partial charge in [0.05, 0.1) is 60.6 Å². The zero-order chi connectivity index (χ0) is 27.2. The van der Waals surface area contributed by atoms with Gasteiger partial charge < -0.3 is 10.4 Å². The minimum Gasteiger partial charge on any atom is -0.386 e. The number of thioether (sulfide) groups is 11. The Kier molecular flexibility index (Phi) is 36.1. The van der Waals surface area contributed by atoms with Crippen LogP contribution < -0.4 is 5.32 Å². The first-order valence-electron chi connectivity index (χ1n) is 10.1. The third-order valence-corrected chi connectivity index (χ3v) is 18.6. The van der Waals surface area contributed by atoms with E-state index in [1.54, 1.807) is 54.1 Å². The standard InChI is InChI=1S/C17H33N3O4S13/c1-18-4-36(23)15-34-13-31-11-30-12-32-14-35-17(22)20-3-26-8-29-10-28-7-25-2-19-5-37(24)16-33-9-27-6-21/h4-5,21H,2-3,6-16H2,1H3,(H,20,22)/b18-4?,19-5-. The molecule has 2 N–H and O–H groups in total. The molecule has 37 heavy (non-hydrogen) atoms. The highest BCUT2D eigenvalue weighted by atomic mass is 32.3. The minimum atomic E-state index is -1.04. The van der Waals surface area contributed by atoms with E-state index in [1.807, 2.05) is 47.0 Å². The van der Waals surface area contributed by atoms with Gasteiger partial charge in [-0.2, -0.15) is 0 Å². The summed E-state index contributed by atoms with van der Waals surface area (Å²) >= 11 is 18.4. The monoisotopic (exact) mass is 759 g/mol. The molecule has 218 valence electrons. The van der Waals surface area contributed by atoms with Crippen LogP contribution >= 0.6 is 129 Å². The molecule has 0 aliphatic rings. The highest BCUT2D eigenvalue weighted by molar-refractivity contribution is 8.30. The Labute approximate surface area is 273 Å². The van der Waals surface area contributed by atoms with Crippen molar-refractivity contribution in [1.29, 1.82) is 0 Å². The van der Waals surface area contributed by atoms with Crippen molar-refractivity contribution in [3.8, 4) is 0 Å². The van der Waals surface area contributed by atoms with Crippen molar-refractivity contribution in [3.05, 3.63) is 0 Å². The van der Waals surface area contributed by atoms with Gasteiger partial charge in [-0.15, -0.1) is 118 Å². The molecule has 0 saturated carbocycles. The fourth-order valence-corrected chi connectivity index (χ4v) is 15.8. The first-order chi connectivity index (χ1) is 18.1. The summed E-state index contributed by atoms with van der Waals surface area (Å²) in [5, 5.41) is 20.0. The number of aliphatic hydroxyl groups excluding tert-OH is 1. The fourth-order valence-electron chi connectivity index (χ4n) is 1.53. The second-order valence-corrected chi connectivity index (χ2v) is 22.6. The van der Waals surface area contributed by atoms with E-state index in [4.69, 9.17) is 5.11 Å². The van der Waals surface area contributed by atoms with Crippen molar-refractivity contribution in [2.75, 3.05) is 75.6 Å². The summed E-state index contributed by atoms with van der Waals surface area (Å²) in [6.45, 7) is 0. The van der Waals surface area contributed by atoms with Crippen molar-refractivity contribution >= 4 is 167 Å². The average Bonchev–Trinajstić information content (AvgIpc) is 2.88. The van der Waals surface area contributed by atoms with Crippen LogP contribution in [0, 0.1) is 0 Å². The molecule has 0 aliphatic heterocycles. The Morgan fingerprint density at radius 1 is 0.730 bits per heavy atom. The molecule has 2 unspecified atom stereocenters. The molecule has 1 amide bonds. The van der Waals surface area contributed by atoms with Gasteiger partial charge in [0.1, 0.15) is 0 Å². The number of rotatable bonds is 27. The predicted octanol–water partition coefficient (Wildman–Crippen LogP) is 6.38. The third-order valence-electron chi connectivity index (χ3n) is 2.83. The number of nitrogens with zero attached hydrogens (tertiary/aromatic N) is 2. The van der Waals surface area contributed by atoms with Crippen molar-refractivity contribution in [2.45, 2.75) is 0 Å². The van der Waals surface area contributed by atoms with E-state index in [0.717, 1.165) is 40.7 Å². The lowest BCUT2D eigenvalue weighted by Gasteiger charge is -2.05. The zero-order valence-corrected chi connectivity index (χ0v) is 30.8. The van der Waals surface area contributed by atoms with Crippen LogP contribution in [0.1, 0.15) is 0 Å². The van der Waals surface area contributed by atoms with Gasteiger partial charge in [-0.05, 0) is 0 Å². The molecule has 0 heterocycles. The van der Waals surface area contributed by atoms with E-state index in [2.05, 4.69) is 15.3 Å². The van der Waals surface area contributed by atoms with Crippen molar-refractivity contribution in [2.24, 2.45) is 9.98 Å². The lowest BCUT2D eigenvalue weighted by atomic mass is 11.2. The molecule has 0 radical (unpaired) electrons. The van der Waals surface area contributed by atoms with Gasteiger partial charge in [0.15, 0.2) is 0 Å². The maximum atomic E-state index is 11.9. The average molecular weight is 760 g/mol. The van der Waals surface area contributed by atoms with Crippen LogP contribution in [0.4, 0.5) is 4.79 Å². The first-order valence-corrected chi connectivity index (χ1v) is 25.3. The normalized spacial score (nSPS) is 13.5. The molecule has 0 aromatic rings. The lowest BCUT2D eigenvalue weighted by molar-refractivity contribution is 0.262. The van der Waals surface area contributed by atoms with E-state index in [0.29, 0.717) is 21.9 Å². The molecule has 2 atom stereocenters. The van der Waals surface area contributed by atoms with Crippen LogP contribution in [0.2, 0.25) is 0 Å². The maximum Gasteiger partial charge on any atom is 0.280 e. The van der Waals surface area contributed by atoms with Gasteiger partial charge in [0.2, 0.25) is 0 Å². The number of hydrogen-bond acceptors (Lipinski definition) is 17. The van der Waals surface area contributed by atoms with Crippen molar-refractivity contribution in [3.63, 3.8) is 0 Å². The van der Waals surface area contributed by atoms with Gasteiger partial charge >= 0.3 is 0 Å². The smallest absolute Gasteiger partial charge is 0.280 e. The molecular weight excluding hydrogens is 727 g/mol. The van der Waals surface area contributed by atoms with Crippen LogP contribution in [0.3, 0.4) is 0 Å². The lowest BCUT2D eigenvalue weighted by Crippen LogP contribution is -2.17. The SMILES string of the molecule is CN=CS(=O)CSCSCSCSCSC(=O)NCSCSCSCSC/N=C\S(=O)CSCSCO. The Morgan fingerprint density at radius 3 is 1.86 bits per heavy atom. The fraction of sp³-hybridized carbons (Fsp3) is 0.824. The summed E-state index contributed by atoms with van der Waals surface area (Å²) in [5.41, 5.74) is 3.00. The van der Waals surface area contributed by atoms with Crippen molar-refractivity contribution in [1.82, 2.24) is 5.32 Å². The highest BCUT2D eigenvalue weighted by Gasteiger charge is 2.02. The Morgan fingerprint density at radius 2 is 1.24 bits per heavy atom. The van der Waals surface area contributed by atoms with E-state index in [1.165, 1.54) is 46.4 Å². The molecular formula is C17H33N3O4S13. The number of amides is 1. The van der Waals surface area contributed by atoms with Gasteiger partial charge in [-0.3, -0.25) is 23.2 Å². The summed E-state index contributed by atoms with van der Waals surface area (Å²) in [4.78, 5) is 19.8. The van der Waals surface area contributed by atoms with Crippen LogP contribution in [0.15, 0.2) is 9.98 Å². The molecule has 7 nitrogen and oxygen atoms in total. The molecule has 0 aromatic carbocycles. The van der Waals surface area contributed by atoms with Crippen LogP contribution in [0.5, 0.6) is 0 Å². The molecule has 0 aromatic heterocycles. The number of carbonyl (C=O) groups is 1. The second-order valence-electron chi connectivity index (χ2n) is 5.64. The molecule has 0 aliphatic carbocycles. The Bertz CT molecular complexity index is 650. The predicted molar refractivity (Wildman–Crippen MR) is 197 cm³/mol. The molecule has 0 spiro atoms. The third kappa shape index (κ3) is 33.3. The van der Waals surface area contributed by atoms with Crippen LogP contribution in [-0.4, -0.2) is 105 Å². The molecule has 0 bridgehead atoms. The number of hydrogen-bond donors (Lipinski definition) is 2. The quantitative estimate of drug-likeness (QED) is 0.0418. The summed E-state index contributed by atoms with van der Waals surface area (Å²) in [6.07, 6.45) is 0. The molecule has 20 heteroatoms. The van der Waals surface area contributed by atoms with Gasteiger partial charge in [0, 0.05) is 47.7 Å². The first kappa shape index (κ1) is 39.9. The number of carbonyl (C=O) groups excluding carboxylic acids is 1. The number of aliphatic imine (C=N–C) groups is 2. The van der Waals surface area contributed by atoms with E-state index in [-0.39, 0.29) is 11.2 Å². The van der Waals surface area contributed by atoms with Gasteiger partial charge in [0.25, 0.3) is 5.24 Å². The van der Waals surface area contributed by atoms with Gasteiger partial charge in [-0.25, -0.2) is 0 Å². The summed E-state index contributed by atoms with van der Waals surface area (Å²) in [6, 6.07) is 0. The van der Waals surface area contributed by atoms with Gasteiger partial charge in [-0.1, -0.05) is 11.8 Å². The van der Waals surface area contributed by atoms with Crippen molar-refractivity contribution < 1.29 is 18.3 Å². The molecule has 0 saturated heterocycles. The van der Waals surface area contributed by atoms with Crippen LogP contribution in [0.25, 0.3) is 0 Å². The Hall–Kier alpha value is 2.92. The number of aliphatic hydroxyl groups is 1. The summed E-state index contributed by atoms with van der Waals surface area (Å²) in [7, 11) is -0.371. The molecule has 0 fully saturated rings. The van der Waals surface area contributed by atoms with E-state index >= 15 is 0 Å². The minimum absolute atomic E-state index is 0.0271. The molecule has 0 rings (SSSR count). The maximum absolute atomic E-state index is 11.9. The van der Waals surface area contributed by atoms with E-state index < -0.39 is 21.6 Å². The summed E-state index contributed by atoms with van der Waals surface area (Å²) in [5.74, 6) is 1.34. The highest BCUT2D eigenvalue weighted by Crippen LogP contribution is 2.24. The number of nitrogens with one attached hydrogen (secondary N) is 1. The zero-order valence-electron chi connectivity index (χ0n) is 20.2.